The lowest BCUT2D eigenvalue weighted by molar-refractivity contribution is 0.351. The predicted molar refractivity (Wildman–Crippen MR) is 74.4 cm³/mol. The maximum atomic E-state index is 3.50. The summed E-state index contributed by atoms with van der Waals surface area (Å²) in [5.41, 5.74) is 4.48. The minimum atomic E-state index is 0.925. The van der Waals surface area contributed by atoms with Gasteiger partial charge in [0.15, 0.2) is 0 Å². The zero-order valence-corrected chi connectivity index (χ0v) is 11.3. The molecule has 0 aliphatic carbocycles. The van der Waals surface area contributed by atoms with Crippen LogP contribution in [0.3, 0.4) is 0 Å². The first-order valence-corrected chi connectivity index (χ1v) is 7.03. The van der Waals surface area contributed by atoms with E-state index in [1.807, 2.05) is 0 Å². The fraction of sp³-hybridized carbons (Fsp3) is 0.625. The Morgan fingerprint density at radius 2 is 2.18 bits per heavy atom. The summed E-state index contributed by atoms with van der Waals surface area (Å²) >= 11 is 0. The van der Waals surface area contributed by atoms with Crippen LogP contribution >= 0.6 is 0 Å². The summed E-state index contributed by atoms with van der Waals surface area (Å²) in [6, 6.07) is 6.70. The van der Waals surface area contributed by atoms with Crippen LogP contribution < -0.4 is 5.32 Å². The highest BCUT2D eigenvalue weighted by atomic mass is 14.9. The van der Waals surface area contributed by atoms with Gasteiger partial charge in [-0.2, -0.15) is 0 Å². The molecule has 2 rings (SSSR count). The molecule has 0 radical (unpaired) electrons. The second-order valence-corrected chi connectivity index (χ2v) is 5.46. The molecule has 1 heterocycles. The summed E-state index contributed by atoms with van der Waals surface area (Å²) in [4.78, 5) is 0. The fourth-order valence-corrected chi connectivity index (χ4v) is 2.83. The Labute approximate surface area is 106 Å². The lowest BCUT2D eigenvalue weighted by Gasteiger charge is -2.22. The number of hydrogen-bond acceptors (Lipinski definition) is 1. The van der Waals surface area contributed by atoms with Gasteiger partial charge in [-0.3, -0.25) is 0 Å². The monoisotopic (exact) mass is 231 g/mol. The third-order valence-corrected chi connectivity index (χ3v) is 4.17. The Morgan fingerprint density at radius 3 is 2.94 bits per heavy atom. The molecule has 1 unspecified atom stereocenters. The maximum absolute atomic E-state index is 3.50. The molecular weight excluding hydrogens is 206 g/mol. The second-order valence-electron chi connectivity index (χ2n) is 5.46. The van der Waals surface area contributed by atoms with Crippen molar-refractivity contribution in [2.24, 2.45) is 5.92 Å². The summed E-state index contributed by atoms with van der Waals surface area (Å²) in [5.74, 6) is 0.925. The fourth-order valence-electron chi connectivity index (χ4n) is 2.83. The van der Waals surface area contributed by atoms with Crippen LogP contribution in [0.4, 0.5) is 0 Å². The lowest BCUT2D eigenvalue weighted by atomic mass is 9.91. The third-order valence-electron chi connectivity index (χ3n) is 4.17. The molecule has 0 amide bonds. The molecule has 17 heavy (non-hydrogen) atoms. The molecule has 1 saturated heterocycles. The van der Waals surface area contributed by atoms with Gasteiger partial charge >= 0.3 is 0 Å². The first-order valence-electron chi connectivity index (χ1n) is 7.03. The van der Waals surface area contributed by atoms with E-state index in [1.165, 1.54) is 56.3 Å². The van der Waals surface area contributed by atoms with E-state index in [4.69, 9.17) is 0 Å². The molecule has 1 N–H and O–H groups in total. The first-order chi connectivity index (χ1) is 8.27. The molecule has 1 aliphatic heterocycles. The van der Waals surface area contributed by atoms with Crippen molar-refractivity contribution in [3.8, 4) is 0 Å². The number of nitrogens with one attached hydrogen (secondary N) is 1. The maximum Gasteiger partial charge on any atom is -0.00205 e. The highest BCUT2D eigenvalue weighted by molar-refractivity contribution is 5.33. The summed E-state index contributed by atoms with van der Waals surface area (Å²) in [6.45, 7) is 6.94. The second kappa shape index (κ2) is 6.20. The van der Waals surface area contributed by atoms with E-state index in [2.05, 4.69) is 37.4 Å². The van der Waals surface area contributed by atoms with E-state index in [9.17, 15) is 0 Å². The van der Waals surface area contributed by atoms with Crippen molar-refractivity contribution >= 4 is 0 Å². The standard InChI is InChI=1S/C16H25N/c1-13-6-3-9-16(14(13)2)10-4-7-15-8-5-11-17-12-15/h3,6,9,15,17H,4-5,7-8,10-12H2,1-2H3. The van der Waals surface area contributed by atoms with Crippen LogP contribution in [0, 0.1) is 19.8 Å². The average molecular weight is 231 g/mol. The quantitative estimate of drug-likeness (QED) is 0.834. The molecule has 94 valence electrons. The summed E-state index contributed by atoms with van der Waals surface area (Å²) in [6.07, 6.45) is 6.79. The lowest BCUT2D eigenvalue weighted by Crippen LogP contribution is -2.29. The van der Waals surface area contributed by atoms with Gasteiger partial charge in [0, 0.05) is 0 Å². The number of rotatable bonds is 4. The van der Waals surface area contributed by atoms with E-state index in [0.717, 1.165) is 5.92 Å². The van der Waals surface area contributed by atoms with Crippen LogP contribution in [0.15, 0.2) is 18.2 Å². The van der Waals surface area contributed by atoms with Gasteiger partial charge in [0.05, 0.1) is 0 Å². The van der Waals surface area contributed by atoms with Gasteiger partial charge in [-0.1, -0.05) is 18.2 Å². The van der Waals surface area contributed by atoms with Crippen LogP contribution in [-0.2, 0) is 6.42 Å². The van der Waals surface area contributed by atoms with Gasteiger partial charge in [-0.05, 0) is 81.6 Å². The minimum Gasteiger partial charge on any atom is -0.316 e. The van der Waals surface area contributed by atoms with Crippen LogP contribution in [0.5, 0.6) is 0 Å². The Kier molecular flexibility index (Phi) is 4.61. The number of aryl methyl sites for hydroxylation is 2. The predicted octanol–water partition coefficient (Wildman–Crippen LogP) is 3.63. The van der Waals surface area contributed by atoms with Crippen molar-refractivity contribution < 1.29 is 0 Å². The Balaban J connectivity index is 1.79. The van der Waals surface area contributed by atoms with Gasteiger partial charge < -0.3 is 5.32 Å². The summed E-state index contributed by atoms with van der Waals surface area (Å²) < 4.78 is 0. The molecule has 0 spiro atoms. The van der Waals surface area contributed by atoms with E-state index in [-0.39, 0.29) is 0 Å². The zero-order valence-electron chi connectivity index (χ0n) is 11.3. The molecule has 0 bridgehead atoms. The van der Waals surface area contributed by atoms with E-state index in [0.29, 0.717) is 0 Å². The normalized spacial score (nSPS) is 20.5. The Bertz CT molecular complexity index is 351. The molecule has 1 fully saturated rings. The molecule has 1 aromatic carbocycles. The summed E-state index contributed by atoms with van der Waals surface area (Å²) in [7, 11) is 0. The zero-order chi connectivity index (χ0) is 12.1. The number of piperidine rings is 1. The number of hydrogen-bond donors (Lipinski definition) is 1. The Hall–Kier alpha value is -0.820. The Morgan fingerprint density at radius 1 is 1.29 bits per heavy atom. The van der Waals surface area contributed by atoms with Crippen LogP contribution in [0.25, 0.3) is 0 Å². The minimum absolute atomic E-state index is 0.925. The molecule has 0 saturated carbocycles. The van der Waals surface area contributed by atoms with Crippen molar-refractivity contribution in [3.63, 3.8) is 0 Å². The van der Waals surface area contributed by atoms with Gasteiger partial charge in [-0.15, -0.1) is 0 Å². The molecule has 1 aromatic rings. The molecule has 1 nitrogen and oxygen atoms in total. The van der Waals surface area contributed by atoms with Crippen molar-refractivity contribution in [1.82, 2.24) is 5.32 Å². The number of benzene rings is 1. The van der Waals surface area contributed by atoms with Crippen molar-refractivity contribution in [2.45, 2.75) is 46.0 Å². The molecule has 1 aliphatic rings. The van der Waals surface area contributed by atoms with Crippen LogP contribution in [0.2, 0.25) is 0 Å². The van der Waals surface area contributed by atoms with E-state index >= 15 is 0 Å². The average Bonchev–Trinajstić information content (AvgIpc) is 2.36. The highest BCUT2D eigenvalue weighted by Gasteiger charge is 2.12. The molecule has 1 heteroatoms. The van der Waals surface area contributed by atoms with E-state index < -0.39 is 0 Å². The molecule has 1 atom stereocenters. The van der Waals surface area contributed by atoms with Crippen LogP contribution in [0.1, 0.15) is 42.4 Å². The van der Waals surface area contributed by atoms with Crippen molar-refractivity contribution in [2.75, 3.05) is 13.1 Å². The third kappa shape index (κ3) is 3.57. The van der Waals surface area contributed by atoms with E-state index in [1.54, 1.807) is 5.56 Å². The van der Waals surface area contributed by atoms with Gasteiger partial charge in [0.25, 0.3) is 0 Å². The van der Waals surface area contributed by atoms with Gasteiger partial charge in [0.2, 0.25) is 0 Å². The smallest absolute Gasteiger partial charge is 0.00205 e. The van der Waals surface area contributed by atoms with Crippen LogP contribution in [-0.4, -0.2) is 13.1 Å². The van der Waals surface area contributed by atoms with Crippen molar-refractivity contribution in [1.29, 1.82) is 0 Å². The topological polar surface area (TPSA) is 12.0 Å². The SMILES string of the molecule is Cc1cccc(CCCC2CCCNC2)c1C. The first kappa shape index (κ1) is 12.6. The van der Waals surface area contributed by atoms with Crippen molar-refractivity contribution in [3.05, 3.63) is 34.9 Å². The molecular formula is C16H25N. The molecule has 0 aromatic heterocycles. The highest BCUT2D eigenvalue weighted by Crippen LogP contribution is 2.20. The summed E-state index contributed by atoms with van der Waals surface area (Å²) in [5, 5.41) is 3.50. The van der Waals surface area contributed by atoms with Gasteiger partial charge in [-0.25, -0.2) is 0 Å². The van der Waals surface area contributed by atoms with Gasteiger partial charge in [0.1, 0.15) is 0 Å². The largest absolute Gasteiger partial charge is 0.316 e.